The molecular formula is C23H27N3O4S. The van der Waals surface area contributed by atoms with Crippen molar-refractivity contribution in [3.63, 3.8) is 0 Å². The van der Waals surface area contributed by atoms with Crippen molar-refractivity contribution in [1.82, 2.24) is 0 Å². The summed E-state index contributed by atoms with van der Waals surface area (Å²) < 4.78 is 26.7. The zero-order chi connectivity index (χ0) is 22.0. The van der Waals surface area contributed by atoms with Gasteiger partial charge in [-0.1, -0.05) is 25.1 Å². The minimum absolute atomic E-state index is 0.0615. The van der Waals surface area contributed by atoms with Crippen LogP contribution in [0.25, 0.3) is 0 Å². The smallest absolute Gasteiger partial charge is 0.235 e. The number of nitrogens with one attached hydrogen (secondary N) is 1. The molecule has 0 spiro atoms. The lowest BCUT2D eigenvalue weighted by atomic mass is 10.0. The van der Waals surface area contributed by atoms with Gasteiger partial charge in [-0.05, 0) is 55.2 Å². The van der Waals surface area contributed by atoms with Crippen LogP contribution >= 0.6 is 0 Å². The first-order valence-electron chi connectivity index (χ1n) is 10.7. The molecule has 1 N–H and O–H groups in total. The topological polar surface area (TPSA) is 86.8 Å². The summed E-state index contributed by atoms with van der Waals surface area (Å²) in [5, 5.41) is 2.92. The fourth-order valence-electron chi connectivity index (χ4n) is 4.28. The quantitative estimate of drug-likeness (QED) is 0.746. The van der Waals surface area contributed by atoms with Crippen LogP contribution in [0.1, 0.15) is 31.7 Å². The predicted molar refractivity (Wildman–Crippen MR) is 122 cm³/mol. The van der Waals surface area contributed by atoms with Crippen LogP contribution in [0.3, 0.4) is 0 Å². The van der Waals surface area contributed by atoms with E-state index in [0.29, 0.717) is 30.9 Å². The van der Waals surface area contributed by atoms with Gasteiger partial charge in [0.15, 0.2) is 0 Å². The minimum Gasteiger partial charge on any atom is -0.326 e. The lowest BCUT2D eigenvalue weighted by Gasteiger charge is -2.30. The molecule has 0 aliphatic carbocycles. The first kappa shape index (κ1) is 21.4. The van der Waals surface area contributed by atoms with E-state index < -0.39 is 15.9 Å². The monoisotopic (exact) mass is 441 g/mol. The second-order valence-electron chi connectivity index (χ2n) is 8.07. The van der Waals surface area contributed by atoms with Crippen molar-refractivity contribution in [1.29, 1.82) is 0 Å². The number of carbonyl (C=O) groups excluding carboxylic acids is 2. The summed E-state index contributed by atoms with van der Waals surface area (Å²) in [6.07, 6.45) is 2.26. The SMILES string of the molecule is CCCS(=O)(=O)N1CCCc2cc(NC(=O)C3CC(=O)N(c4ccccc4)C3)ccc21. The molecule has 2 amide bonds. The van der Waals surface area contributed by atoms with Crippen LogP contribution in [0, 0.1) is 5.92 Å². The molecule has 2 aliphatic rings. The summed E-state index contributed by atoms with van der Waals surface area (Å²) in [6.45, 7) is 2.69. The summed E-state index contributed by atoms with van der Waals surface area (Å²) in [5.74, 6) is -0.560. The van der Waals surface area contributed by atoms with Gasteiger partial charge in [-0.25, -0.2) is 8.42 Å². The van der Waals surface area contributed by atoms with Crippen LogP contribution in [0.4, 0.5) is 17.1 Å². The molecular weight excluding hydrogens is 414 g/mol. The first-order valence-corrected chi connectivity index (χ1v) is 12.3. The molecule has 0 saturated carbocycles. The highest BCUT2D eigenvalue weighted by molar-refractivity contribution is 7.92. The van der Waals surface area contributed by atoms with E-state index in [1.54, 1.807) is 17.0 Å². The van der Waals surface area contributed by atoms with Crippen molar-refractivity contribution in [3.05, 3.63) is 54.1 Å². The number of sulfonamides is 1. The Morgan fingerprint density at radius 3 is 2.68 bits per heavy atom. The average Bonchev–Trinajstić information content (AvgIpc) is 3.15. The van der Waals surface area contributed by atoms with Crippen molar-refractivity contribution in [2.45, 2.75) is 32.6 Å². The van der Waals surface area contributed by atoms with Crippen molar-refractivity contribution in [3.8, 4) is 0 Å². The molecule has 1 saturated heterocycles. The van der Waals surface area contributed by atoms with Crippen LogP contribution in [0.2, 0.25) is 0 Å². The third-order valence-corrected chi connectivity index (χ3v) is 7.76. The third-order valence-electron chi connectivity index (χ3n) is 5.78. The van der Waals surface area contributed by atoms with Gasteiger partial charge >= 0.3 is 0 Å². The van der Waals surface area contributed by atoms with Crippen LogP contribution in [-0.2, 0) is 26.0 Å². The fourth-order valence-corrected chi connectivity index (χ4v) is 5.90. The summed E-state index contributed by atoms with van der Waals surface area (Å²) in [6, 6.07) is 14.7. The number of carbonyl (C=O) groups is 2. The number of aryl methyl sites for hydroxylation is 1. The third kappa shape index (κ3) is 4.44. The molecule has 0 bridgehead atoms. The number of hydrogen-bond acceptors (Lipinski definition) is 4. The second-order valence-corrected chi connectivity index (χ2v) is 10.1. The molecule has 0 radical (unpaired) electrons. The Morgan fingerprint density at radius 2 is 1.94 bits per heavy atom. The molecule has 4 rings (SSSR count). The van der Waals surface area contributed by atoms with Gasteiger partial charge in [-0.15, -0.1) is 0 Å². The van der Waals surface area contributed by atoms with Crippen molar-refractivity contribution >= 4 is 38.9 Å². The maximum absolute atomic E-state index is 12.8. The Bertz CT molecular complexity index is 1090. The molecule has 7 nitrogen and oxygen atoms in total. The molecule has 1 unspecified atom stereocenters. The molecule has 31 heavy (non-hydrogen) atoms. The van der Waals surface area contributed by atoms with Gasteiger partial charge in [0, 0.05) is 30.9 Å². The van der Waals surface area contributed by atoms with Gasteiger partial charge in [0.1, 0.15) is 0 Å². The summed E-state index contributed by atoms with van der Waals surface area (Å²) >= 11 is 0. The predicted octanol–water partition coefficient (Wildman–Crippen LogP) is 3.17. The number of anilines is 3. The molecule has 2 aliphatic heterocycles. The van der Waals surface area contributed by atoms with E-state index in [-0.39, 0.29) is 24.0 Å². The molecule has 1 fully saturated rings. The number of nitrogens with zero attached hydrogens (tertiary/aromatic N) is 2. The molecule has 8 heteroatoms. The molecule has 2 heterocycles. The van der Waals surface area contributed by atoms with E-state index in [1.807, 2.05) is 43.3 Å². The van der Waals surface area contributed by atoms with E-state index in [4.69, 9.17) is 0 Å². The summed E-state index contributed by atoms with van der Waals surface area (Å²) in [4.78, 5) is 26.9. The molecule has 2 aromatic rings. The van der Waals surface area contributed by atoms with E-state index in [2.05, 4.69) is 5.32 Å². The zero-order valence-corrected chi connectivity index (χ0v) is 18.4. The van der Waals surface area contributed by atoms with Crippen LogP contribution in [0.15, 0.2) is 48.5 Å². The van der Waals surface area contributed by atoms with Gasteiger partial charge in [-0.2, -0.15) is 0 Å². The number of para-hydroxylation sites is 1. The van der Waals surface area contributed by atoms with Crippen LogP contribution in [0.5, 0.6) is 0 Å². The summed E-state index contributed by atoms with van der Waals surface area (Å²) in [7, 11) is -3.33. The van der Waals surface area contributed by atoms with Gasteiger partial charge in [-0.3, -0.25) is 13.9 Å². The van der Waals surface area contributed by atoms with Gasteiger partial charge in [0.2, 0.25) is 21.8 Å². The van der Waals surface area contributed by atoms with E-state index in [1.165, 1.54) is 4.31 Å². The zero-order valence-electron chi connectivity index (χ0n) is 17.6. The largest absolute Gasteiger partial charge is 0.326 e. The lowest BCUT2D eigenvalue weighted by molar-refractivity contribution is -0.122. The normalized spacial score (nSPS) is 18.7. The maximum atomic E-state index is 12.8. The number of rotatable bonds is 6. The molecule has 164 valence electrons. The molecule has 0 aromatic heterocycles. The van der Waals surface area contributed by atoms with Crippen LogP contribution in [-0.4, -0.2) is 39.1 Å². The molecule has 1 atom stereocenters. The standard InChI is InChI=1S/C23H27N3O4S/c1-2-13-31(29,30)26-12-6-7-17-14-19(10-11-21(17)26)24-23(28)18-15-22(27)25(16-18)20-8-4-3-5-9-20/h3-5,8-11,14,18H,2,6-7,12-13,15-16H2,1H3,(H,24,28). The second kappa shape index (κ2) is 8.70. The highest BCUT2D eigenvalue weighted by Gasteiger charge is 2.35. The number of hydrogen-bond donors (Lipinski definition) is 1. The first-order chi connectivity index (χ1) is 14.9. The van der Waals surface area contributed by atoms with Crippen LogP contribution < -0.4 is 14.5 Å². The minimum atomic E-state index is -3.33. The van der Waals surface area contributed by atoms with Crippen molar-refractivity contribution in [2.75, 3.05) is 33.4 Å². The Labute approximate surface area is 183 Å². The number of benzene rings is 2. The Hall–Kier alpha value is -2.87. The maximum Gasteiger partial charge on any atom is 0.235 e. The average molecular weight is 442 g/mol. The Morgan fingerprint density at radius 1 is 1.16 bits per heavy atom. The van der Waals surface area contributed by atoms with E-state index in [0.717, 1.165) is 24.1 Å². The highest BCUT2D eigenvalue weighted by Crippen LogP contribution is 2.32. The van der Waals surface area contributed by atoms with E-state index in [9.17, 15) is 18.0 Å². The lowest BCUT2D eigenvalue weighted by Crippen LogP contribution is -2.37. The fraction of sp³-hybridized carbons (Fsp3) is 0.391. The molecule has 2 aromatic carbocycles. The Balaban J connectivity index is 1.47. The summed E-state index contributed by atoms with van der Waals surface area (Å²) in [5.41, 5.74) is 3.04. The van der Waals surface area contributed by atoms with E-state index >= 15 is 0 Å². The number of fused-ring (bicyclic) bond motifs is 1. The van der Waals surface area contributed by atoms with Gasteiger partial charge in [0.25, 0.3) is 0 Å². The van der Waals surface area contributed by atoms with Gasteiger partial charge < -0.3 is 10.2 Å². The van der Waals surface area contributed by atoms with Crippen molar-refractivity contribution in [2.24, 2.45) is 5.92 Å². The van der Waals surface area contributed by atoms with Gasteiger partial charge in [0.05, 0.1) is 17.4 Å². The highest BCUT2D eigenvalue weighted by atomic mass is 32.2. The number of amides is 2. The van der Waals surface area contributed by atoms with Crippen molar-refractivity contribution < 1.29 is 18.0 Å². The Kier molecular flexibility index (Phi) is 6.00.